The van der Waals surface area contributed by atoms with Crippen LogP contribution < -0.4 is 5.32 Å². The van der Waals surface area contributed by atoms with Gasteiger partial charge in [-0.15, -0.1) is 0 Å². The van der Waals surface area contributed by atoms with E-state index in [1.807, 2.05) is 0 Å². The first-order valence-electron chi connectivity index (χ1n) is 8.40. The molecule has 0 aromatic rings. The number of ether oxygens (including phenoxy) is 1. The molecule has 1 aliphatic carbocycles. The monoisotopic (exact) mass is 284 g/mol. The Morgan fingerprint density at radius 3 is 3.00 bits per heavy atom. The van der Waals surface area contributed by atoms with Gasteiger partial charge in [0.2, 0.25) is 0 Å². The van der Waals surface area contributed by atoms with Gasteiger partial charge in [0.15, 0.2) is 0 Å². The van der Waals surface area contributed by atoms with E-state index in [1.54, 1.807) is 0 Å². The van der Waals surface area contributed by atoms with Gasteiger partial charge in [-0.3, -0.25) is 0 Å². The molecule has 1 saturated heterocycles. The predicted octanol–water partition coefficient (Wildman–Crippen LogP) is 1.63. The SMILES string of the molecule is CCNC1(CO)CCCC1CCN1CCCOC(C)C1. The van der Waals surface area contributed by atoms with Crippen molar-refractivity contribution in [3.63, 3.8) is 0 Å². The molecule has 0 radical (unpaired) electrons. The number of nitrogens with zero attached hydrogens (tertiary/aromatic N) is 1. The van der Waals surface area contributed by atoms with E-state index < -0.39 is 0 Å². The molecule has 2 fully saturated rings. The largest absolute Gasteiger partial charge is 0.394 e. The molecule has 1 aliphatic heterocycles. The van der Waals surface area contributed by atoms with E-state index in [-0.39, 0.29) is 12.1 Å². The summed E-state index contributed by atoms with van der Waals surface area (Å²) in [5.41, 5.74) is -0.0112. The van der Waals surface area contributed by atoms with Crippen LogP contribution in [0.2, 0.25) is 0 Å². The summed E-state index contributed by atoms with van der Waals surface area (Å²) in [7, 11) is 0. The van der Waals surface area contributed by atoms with E-state index in [9.17, 15) is 5.11 Å². The molecule has 0 amide bonds. The molecule has 1 heterocycles. The number of hydrogen-bond donors (Lipinski definition) is 2. The number of hydrogen-bond acceptors (Lipinski definition) is 4. The van der Waals surface area contributed by atoms with Crippen LogP contribution in [-0.4, -0.2) is 61.0 Å². The minimum Gasteiger partial charge on any atom is -0.394 e. The van der Waals surface area contributed by atoms with Crippen LogP contribution in [0.15, 0.2) is 0 Å². The zero-order valence-corrected chi connectivity index (χ0v) is 13.2. The average molecular weight is 284 g/mol. The van der Waals surface area contributed by atoms with Gasteiger partial charge in [0.05, 0.1) is 12.7 Å². The summed E-state index contributed by atoms with van der Waals surface area (Å²) in [6.45, 7) is 9.80. The summed E-state index contributed by atoms with van der Waals surface area (Å²) >= 11 is 0. The predicted molar refractivity (Wildman–Crippen MR) is 81.9 cm³/mol. The van der Waals surface area contributed by atoms with E-state index >= 15 is 0 Å². The Kier molecular flexibility index (Phi) is 6.27. The van der Waals surface area contributed by atoms with Crippen molar-refractivity contribution in [3.05, 3.63) is 0 Å². The van der Waals surface area contributed by atoms with Crippen molar-refractivity contribution >= 4 is 0 Å². The van der Waals surface area contributed by atoms with Crippen LogP contribution in [0.3, 0.4) is 0 Å². The number of aliphatic hydroxyl groups excluding tert-OH is 1. The zero-order valence-electron chi connectivity index (χ0n) is 13.2. The summed E-state index contributed by atoms with van der Waals surface area (Å²) in [5, 5.41) is 13.4. The molecule has 3 atom stereocenters. The average Bonchev–Trinajstić information content (AvgIpc) is 2.72. The molecule has 20 heavy (non-hydrogen) atoms. The second-order valence-electron chi connectivity index (χ2n) is 6.56. The minimum atomic E-state index is -0.0112. The Hall–Kier alpha value is -0.160. The number of nitrogens with one attached hydrogen (secondary N) is 1. The van der Waals surface area contributed by atoms with Gasteiger partial charge >= 0.3 is 0 Å². The molecule has 118 valence electrons. The van der Waals surface area contributed by atoms with Gasteiger partial charge in [-0.05, 0) is 51.6 Å². The third-order valence-corrected chi connectivity index (χ3v) is 5.10. The molecule has 0 spiro atoms. The summed E-state index contributed by atoms with van der Waals surface area (Å²) in [5.74, 6) is 0.618. The summed E-state index contributed by atoms with van der Waals surface area (Å²) in [6, 6.07) is 0. The molecular weight excluding hydrogens is 252 g/mol. The number of aliphatic hydroxyl groups is 1. The standard InChI is InChI=1S/C16H32N2O2/c1-3-17-16(13-19)8-4-6-15(16)7-10-18-9-5-11-20-14(2)12-18/h14-15,17,19H,3-13H2,1-2H3. The highest BCUT2D eigenvalue weighted by atomic mass is 16.5. The lowest BCUT2D eigenvalue weighted by Crippen LogP contribution is -2.52. The maximum absolute atomic E-state index is 9.85. The molecule has 2 rings (SSSR count). The topological polar surface area (TPSA) is 44.7 Å². The number of rotatable bonds is 6. The van der Waals surface area contributed by atoms with Gasteiger partial charge in [0.1, 0.15) is 0 Å². The molecular formula is C16H32N2O2. The van der Waals surface area contributed by atoms with Crippen LogP contribution >= 0.6 is 0 Å². The van der Waals surface area contributed by atoms with Gasteiger partial charge in [0.25, 0.3) is 0 Å². The fraction of sp³-hybridized carbons (Fsp3) is 1.00. The van der Waals surface area contributed by atoms with Gasteiger partial charge < -0.3 is 20.1 Å². The third kappa shape index (κ3) is 3.94. The van der Waals surface area contributed by atoms with Crippen molar-refractivity contribution < 1.29 is 9.84 Å². The molecule has 0 aromatic heterocycles. The molecule has 0 bridgehead atoms. The summed E-state index contributed by atoms with van der Waals surface area (Å²) in [6.07, 6.45) is 6.33. The first-order chi connectivity index (χ1) is 9.70. The van der Waals surface area contributed by atoms with Crippen molar-refractivity contribution in [3.8, 4) is 0 Å². The van der Waals surface area contributed by atoms with Crippen LogP contribution in [0, 0.1) is 5.92 Å². The Bertz CT molecular complexity index is 288. The Morgan fingerprint density at radius 1 is 1.40 bits per heavy atom. The van der Waals surface area contributed by atoms with Gasteiger partial charge in [-0.25, -0.2) is 0 Å². The highest BCUT2D eigenvalue weighted by Gasteiger charge is 2.41. The van der Waals surface area contributed by atoms with E-state index in [2.05, 4.69) is 24.1 Å². The lowest BCUT2D eigenvalue weighted by molar-refractivity contribution is 0.0646. The fourth-order valence-corrected chi connectivity index (χ4v) is 4.04. The van der Waals surface area contributed by atoms with Crippen LogP contribution in [0.5, 0.6) is 0 Å². The Morgan fingerprint density at radius 2 is 2.25 bits per heavy atom. The number of likely N-dealkylation sites (N-methyl/N-ethyl adjacent to an activating group) is 1. The second kappa shape index (κ2) is 7.74. The molecule has 4 nitrogen and oxygen atoms in total. The van der Waals surface area contributed by atoms with Crippen molar-refractivity contribution in [2.75, 3.05) is 39.4 Å². The third-order valence-electron chi connectivity index (χ3n) is 5.10. The normalized spacial score (nSPS) is 36.1. The highest BCUT2D eigenvalue weighted by Crippen LogP contribution is 2.37. The van der Waals surface area contributed by atoms with Crippen LogP contribution in [0.25, 0.3) is 0 Å². The molecule has 3 unspecified atom stereocenters. The Labute approximate surface area is 123 Å². The second-order valence-corrected chi connectivity index (χ2v) is 6.56. The van der Waals surface area contributed by atoms with Gasteiger partial charge in [-0.2, -0.15) is 0 Å². The summed E-state index contributed by atoms with van der Waals surface area (Å²) < 4.78 is 5.71. The smallest absolute Gasteiger partial charge is 0.0673 e. The van der Waals surface area contributed by atoms with E-state index in [0.717, 1.165) is 45.6 Å². The minimum absolute atomic E-state index is 0.0112. The maximum atomic E-state index is 9.85. The lowest BCUT2D eigenvalue weighted by Gasteiger charge is -2.36. The van der Waals surface area contributed by atoms with Gasteiger partial charge in [-0.1, -0.05) is 13.3 Å². The van der Waals surface area contributed by atoms with Crippen molar-refractivity contribution in [1.29, 1.82) is 0 Å². The fourth-order valence-electron chi connectivity index (χ4n) is 4.04. The molecule has 2 aliphatic rings. The van der Waals surface area contributed by atoms with Crippen LogP contribution in [-0.2, 0) is 4.74 Å². The van der Waals surface area contributed by atoms with Crippen molar-refractivity contribution in [1.82, 2.24) is 10.2 Å². The molecule has 0 aromatic carbocycles. The molecule has 2 N–H and O–H groups in total. The Balaban J connectivity index is 1.85. The zero-order chi connectivity index (χ0) is 14.4. The van der Waals surface area contributed by atoms with Crippen molar-refractivity contribution in [2.24, 2.45) is 5.92 Å². The van der Waals surface area contributed by atoms with E-state index in [1.165, 1.54) is 19.3 Å². The van der Waals surface area contributed by atoms with Crippen LogP contribution in [0.4, 0.5) is 0 Å². The quantitative estimate of drug-likeness (QED) is 0.778. The lowest BCUT2D eigenvalue weighted by atomic mass is 9.85. The van der Waals surface area contributed by atoms with E-state index in [0.29, 0.717) is 12.0 Å². The highest BCUT2D eigenvalue weighted by molar-refractivity contribution is 4.99. The van der Waals surface area contributed by atoms with Crippen LogP contribution in [0.1, 0.15) is 46.0 Å². The first kappa shape index (κ1) is 16.2. The van der Waals surface area contributed by atoms with Gasteiger partial charge in [0, 0.05) is 25.2 Å². The molecule has 1 saturated carbocycles. The summed E-state index contributed by atoms with van der Waals surface area (Å²) in [4.78, 5) is 2.55. The maximum Gasteiger partial charge on any atom is 0.0673 e. The van der Waals surface area contributed by atoms with E-state index in [4.69, 9.17) is 4.74 Å². The van der Waals surface area contributed by atoms with Crippen molar-refractivity contribution in [2.45, 2.75) is 57.6 Å². The first-order valence-corrected chi connectivity index (χ1v) is 8.40. The molecule has 4 heteroatoms.